The third-order valence-electron chi connectivity index (χ3n) is 3.05. The summed E-state index contributed by atoms with van der Waals surface area (Å²) in [5.41, 5.74) is 0.831. The van der Waals surface area contributed by atoms with E-state index in [9.17, 15) is 0 Å². The highest BCUT2D eigenvalue weighted by Crippen LogP contribution is 2.34. The molecule has 0 aliphatic carbocycles. The third kappa shape index (κ3) is 3.00. The number of aliphatic hydroxyl groups is 1. The van der Waals surface area contributed by atoms with E-state index >= 15 is 0 Å². The summed E-state index contributed by atoms with van der Waals surface area (Å²) >= 11 is 7.56. The maximum Gasteiger partial charge on any atom is 0.232 e. The fourth-order valence-corrected chi connectivity index (χ4v) is 3.12. The topological polar surface area (TPSA) is 55.2 Å². The molecule has 0 saturated heterocycles. The van der Waals surface area contributed by atoms with Crippen LogP contribution in [0.15, 0.2) is 30.3 Å². The van der Waals surface area contributed by atoms with Crippen LogP contribution < -0.4 is 4.74 Å². The van der Waals surface area contributed by atoms with E-state index in [0.717, 1.165) is 22.2 Å². The number of aryl methyl sites for hydroxylation is 1. The second kappa shape index (κ2) is 5.97. The number of benzene rings is 1. The van der Waals surface area contributed by atoms with Crippen LogP contribution in [-0.2, 0) is 13.0 Å². The van der Waals surface area contributed by atoms with Crippen LogP contribution >= 0.6 is 22.9 Å². The standard InChI is InChI=1S/C15H13ClN2O2S/c1-2-11-7-12-13(17-15(16)18-14(12)21-11)20-10-5-3-9(8-19)4-6-10/h3-7,19H,2,8H2,1H3. The molecule has 108 valence electrons. The lowest BCUT2D eigenvalue weighted by Crippen LogP contribution is -1.91. The second-order valence-electron chi connectivity index (χ2n) is 4.49. The van der Waals surface area contributed by atoms with Crippen molar-refractivity contribution < 1.29 is 9.84 Å². The molecule has 0 amide bonds. The highest BCUT2D eigenvalue weighted by atomic mass is 35.5. The lowest BCUT2D eigenvalue weighted by Gasteiger charge is -2.06. The summed E-state index contributed by atoms with van der Waals surface area (Å²) in [6.45, 7) is 2.10. The van der Waals surface area contributed by atoms with Gasteiger partial charge in [-0.2, -0.15) is 4.98 Å². The van der Waals surface area contributed by atoms with Gasteiger partial charge in [-0.05, 0) is 41.8 Å². The van der Waals surface area contributed by atoms with Gasteiger partial charge in [0.25, 0.3) is 0 Å². The highest BCUT2D eigenvalue weighted by molar-refractivity contribution is 7.18. The number of nitrogens with zero attached hydrogens (tertiary/aromatic N) is 2. The lowest BCUT2D eigenvalue weighted by atomic mass is 10.2. The maximum atomic E-state index is 9.05. The molecule has 4 nitrogen and oxygen atoms in total. The van der Waals surface area contributed by atoms with Gasteiger partial charge in [0.05, 0.1) is 12.0 Å². The molecule has 0 unspecified atom stereocenters. The first kappa shape index (κ1) is 14.3. The van der Waals surface area contributed by atoms with Gasteiger partial charge in [0, 0.05) is 4.88 Å². The van der Waals surface area contributed by atoms with Gasteiger partial charge in [0.15, 0.2) is 0 Å². The fraction of sp³-hybridized carbons (Fsp3) is 0.200. The van der Waals surface area contributed by atoms with Crippen molar-refractivity contribution in [2.45, 2.75) is 20.0 Å². The molecular formula is C15H13ClN2O2S. The van der Waals surface area contributed by atoms with E-state index in [2.05, 4.69) is 16.9 Å². The number of hydrogen-bond acceptors (Lipinski definition) is 5. The Morgan fingerprint density at radius 3 is 2.67 bits per heavy atom. The molecule has 0 saturated carbocycles. The lowest BCUT2D eigenvalue weighted by molar-refractivity contribution is 0.281. The number of halogens is 1. The van der Waals surface area contributed by atoms with E-state index in [-0.39, 0.29) is 11.9 Å². The Hall–Kier alpha value is -1.69. The molecule has 21 heavy (non-hydrogen) atoms. The predicted octanol–water partition coefficient (Wildman–Crippen LogP) is 4.19. The van der Waals surface area contributed by atoms with Gasteiger partial charge in [0.2, 0.25) is 11.2 Å². The van der Waals surface area contributed by atoms with Crippen LogP contribution in [0.2, 0.25) is 5.28 Å². The molecule has 6 heteroatoms. The Morgan fingerprint density at radius 2 is 2.00 bits per heavy atom. The number of ether oxygens (including phenoxy) is 1. The van der Waals surface area contributed by atoms with Gasteiger partial charge in [-0.1, -0.05) is 19.1 Å². The van der Waals surface area contributed by atoms with Crippen molar-refractivity contribution in [2.75, 3.05) is 0 Å². The number of thiophene rings is 1. The number of aliphatic hydroxyl groups excluding tert-OH is 1. The zero-order valence-corrected chi connectivity index (χ0v) is 12.9. The molecule has 2 heterocycles. The zero-order valence-electron chi connectivity index (χ0n) is 11.3. The SMILES string of the molecule is CCc1cc2c(Oc3ccc(CO)cc3)nc(Cl)nc2s1. The molecule has 0 atom stereocenters. The van der Waals surface area contributed by atoms with Crippen LogP contribution in [0.3, 0.4) is 0 Å². The highest BCUT2D eigenvalue weighted by Gasteiger charge is 2.12. The molecule has 0 fully saturated rings. The van der Waals surface area contributed by atoms with E-state index in [1.54, 1.807) is 35.6 Å². The summed E-state index contributed by atoms with van der Waals surface area (Å²) in [4.78, 5) is 10.4. The minimum Gasteiger partial charge on any atom is -0.438 e. The van der Waals surface area contributed by atoms with E-state index < -0.39 is 0 Å². The molecule has 0 spiro atoms. The molecule has 0 radical (unpaired) electrons. The van der Waals surface area contributed by atoms with Gasteiger partial charge in [-0.3, -0.25) is 0 Å². The Bertz CT molecular complexity index is 771. The molecule has 0 bridgehead atoms. The Labute approximate surface area is 131 Å². The summed E-state index contributed by atoms with van der Waals surface area (Å²) in [6.07, 6.45) is 0.934. The van der Waals surface area contributed by atoms with E-state index in [4.69, 9.17) is 21.4 Å². The molecule has 3 rings (SSSR count). The Morgan fingerprint density at radius 1 is 1.24 bits per heavy atom. The quantitative estimate of drug-likeness (QED) is 0.732. The fourth-order valence-electron chi connectivity index (χ4n) is 1.95. The summed E-state index contributed by atoms with van der Waals surface area (Å²) < 4.78 is 5.82. The van der Waals surface area contributed by atoms with Crippen LogP contribution in [0.1, 0.15) is 17.4 Å². The van der Waals surface area contributed by atoms with Crippen molar-refractivity contribution in [1.82, 2.24) is 9.97 Å². The van der Waals surface area contributed by atoms with Crippen molar-refractivity contribution >= 4 is 33.2 Å². The van der Waals surface area contributed by atoms with Crippen molar-refractivity contribution in [3.05, 3.63) is 46.1 Å². The second-order valence-corrected chi connectivity index (χ2v) is 5.94. The van der Waals surface area contributed by atoms with Crippen LogP contribution in [-0.4, -0.2) is 15.1 Å². The normalized spacial score (nSPS) is 11.0. The third-order valence-corrected chi connectivity index (χ3v) is 4.39. The minimum absolute atomic E-state index is 0.00819. The van der Waals surface area contributed by atoms with Crippen molar-refractivity contribution in [3.63, 3.8) is 0 Å². The van der Waals surface area contributed by atoms with Gasteiger partial charge >= 0.3 is 0 Å². The van der Waals surface area contributed by atoms with Crippen LogP contribution in [0.5, 0.6) is 11.6 Å². The number of rotatable bonds is 4. The minimum atomic E-state index is 0.00819. The van der Waals surface area contributed by atoms with Gasteiger partial charge in [0.1, 0.15) is 10.6 Å². The summed E-state index contributed by atoms with van der Waals surface area (Å²) in [6, 6.07) is 9.23. The van der Waals surface area contributed by atoms with Crippen molar-refractivity contribution in [1.29, 1.82) is 0 Å². The molecule has 0 aliphatic rings. The zero-order chi connectivity index (χ0) is 14.8. The van der Waals surface area contributed by atoms with Gasteiger partial charge < -0.3 is 9.84 Å². The Balaban J connectivity index is 2.00. The maximum absolute atomic E-state index is 9.05. The first-order valence-corrected chi connectivity index (χ1v) is 7.72. The van der Waals surface area contributed by atoms with E-state index in [1.807, 2.05) is 6.07 Å². The molecular weight excluding hydrogens is 308 g/mol. The average molecular weight is 321 g/mol. The predicted molar refractivity (Wildman–Crippen MR) is 84.2 cm³/mol. The molecule has 1 aromatic carbocycles. The first-order chi connectivity index (χ1) is 10.2. The smallest absolute Gasteiger partial charge is 0.232 e. The molecule has 3 aromatic rings. The van der Waals surface area contributed by atoms with Crippen molar-refractivity contribution in [2.24, 2.45) is 0 Å². The van der Waals surface area contributed by atoms with E-state index in [1.165, 1.54) is 4.88 Å². The Kier molecular flexibility index (Phi) is 4.05. The average Bonchev–Trinajstić information content (AvgIpc) is 2.91. The summed E-state index contributed by atoms with van der Waals surface area (Å²) in [5, 5.41) is 10.1. The van der Waals surface area contributed by atoms with Crippen LogP contribution in [0, 0.1) is 0 Å². The number of hydrogen-bond donors (Lipinski definition) is 1. The molecule has 2 aromatic heterocycles. The van der Waals surface area contributed by atoms with Gasteiger partial charge in [-0.25, -0.2) is 4.98 Å². The summed E-state index contributed by atoms with van der Waals surface area (Å²) in [7, 11) is 0. The van der Waals surface area contributed by atoms with Crippen LogP contribution in [0.25, 0.3) is 10.2 Å². The monoisotopic (exact) mass is 320 g/mol. The molecule has 0 aliphatic heterocycles. The number of aromatic nitrogens is 2. The van der Waals surface area contributed by atoms with Gasteiger partial charge in [-0.15, -0.1) is 11.3 Å². The van der Waals surface area contributed by atoms with Crippen LogP contribution in [0.4, 0.5) is 0 Å². The summed E-state index contributed by atoms with van der Waals surface area (Å²) in [5.74, 6) is 1.10. The van der Waals surface area contributed by atoms with E-state index in [0.29, 0.717) is 11.6 Å². The molecule has 1 N–H and O–H groups in total. The number of fused-ring (bicyclic) bond motifs is 1. The first-order valence-electron chi connectivity index (χ1n) is 6.53. The largest absolute Gasteiger partial charge is 0.438 e. The van der Waals surface area contributed by atoms with Crippen molar-refractivity contribution in [3.8, 4) is 11.6 Å².